The summed E-state index contributed by atoms with van der Waals surface area (Å²) < 4.78 is 32.6. The maximum Gasteiger partial charge on any atom is 0.243 e. The van der Waals surface area contributed by atoms with E-state index in [1.165, 1.54) is 15.6 Å². The Balaban J connectivity index is 1.98. The molecule has 0 N–H and O–H groups in total. The van der Waals surface area contributed by atoms with Crippen LogP contribution in [0.25, 0.3) is 0 Å². The third-order valence-corrected chi connectivity index (χ3v) is 6.12. The van der Waals surface area contributed by atoms with Gasteiger partial charge in [0.1, 0.15) is 0 Å². The molecule has 1 fully saturated rings. The number of aryl methyl sites for hydroxylation is 1. The summed E-state index contributed by atoms with van der Waals surface area (Å²) in [5.74, 6) is 0. The Kier molecular flexibility index (Phi) is 4.08. The van der Waals surface area contributed by atoms with Crippen LogP contribution in [-0.2, 0) is 14.8 Å². The molecule has 1 atom stereocenters. The van der Waals surface area contributed by atoms with Crippen LogP contribution >= 0.6 is 11.3 Å². The Labute approximate surface area is 128 Å². The highest BCUT2D eigenvalue weighted by Crippen LogP contribution is 2.30. The van der Waals surface area contributed by atoms with E-state index in [0.29, 0.717) is 24.7 Å². The van der Waals surface area contributed by atoms with E-state index in [4.69, 9.17) is 4.74 Å². The van der Waals surface area contributed by atoms with Gasteiger partial charge in [-0.05, 0) is 19.1 Å². The first-order chi connectivity index (χ1) is 10.1. The number of hydrogen-bond acceptors (Lipinski definition) is 5. The molecule has 0 bridgehead atoms. The summed E-state index contributed by atoms with van der Waals surface area (Å²) in [6, 6.07) is 8.15. The molecule has 0 spiro atoms. The number of sulfonamides is 1. The van der Waals surface area contributed by atoms with Crippen LogP contribution < -0.4 is 0 Å². The molecule has 2 aromatic rings. The fourth-order valence-electron chi connectivity index (χ4n) is 2.37. The molecular formula is C14H16N2O3S2. The fraction of sp³-hybridized carbons (Fsp3) is 0.357. The maximum atomic E-state index is 12.8. The van der Waals surface area contributed by atoms with Crippen molar-refractivity contribution >= 4 is 21.4 Å². The van der Waals surface area contributed by atoms with Crippen molar-refractivity contribution in [1.29, 1.82) is 0 Å². The zero-order chi connectivity index (χ0) is 14.9. The SMILES string of the molecule is Cc1nc([C@@H]2COCCN2S(=O)(=O)c2ccccc2)cs1. The Morgan fingerprint density at radius 3 is 2.76 bits per heavy atom. The number of rotatable bonds is 3. The molecule has 0 saturated carbocycles. The standard InChI is InChI=1S/C14H16N2O3S2/c1-11-15-13(10-20-11)14-9-19-8-7-16(14)21(17,18)12-5-3-2-4-6-12/h2-6,10,14H,7-9H2,1H3/t14-/m0/s1. The monoisotopic (exact) mass is 324 g/mol. The molecule has 1 aromatic heterocycles. The highest BCUT2D eigenvalue weighted by atomic mass is 32.2. The normalized spacial score (nSPS) is 20.5. The minimum absolute atomic E-state index is 0.309. The molecule has 0 aliphatic carbocycles. The van der Waals surface area contributed by atoms with Crippen molar-refractivity contribution in [2.45, 2.75) is 17.9 Å². The number of morpholine rings is 1. The summed E-state index contributed by atoms with van der Waals surface area (Å²) >= 11 is 1.52. The predicted octanol–water partition coefficient (Wildman–Crippen LogP) is 2.21. The quantitative estimate of drug-likeness (QED) is 0.868. The second kappa shape index (κ2) is 5.84. The van der Waals surface area contributed by atoms with Crippen LogP contribution in [0, 0.1) is 6.92 Å². The van der Waals surface area contributed by atoms with Gasteiger partial charge < -0.3 is 4.74 Å². The number of hydrogen-bond donors (Lipinski definition) is 0. The van der Waals surface area contributed by atoms with E-state index in [9.17, 15) is 8.42 Å². The van der Waals surface area contributed by atoms with Crippen molar-refractivity contribution < 1.29 is 13.2 Å². The first kappa shape index (κ1) is 14.6. The van der Waals surface area contributed by atoms with Crippen LogP contribution in [0.5, 0.6) is 0 Å². The predicted molar refractivity (Wildman–Crippen MR) is 80.7 cm³/mol. The average molecular weight is 324 g/mol. The summed E-state index contributed by atoms with van der Waals surface area (Å²) in [5, 5.41) is 2.83. The molecule has 0 radical (unpaired) electrons. The van der Waals surface area contributed by atoms with E-state index in [2.05, 4.69) is 4.98 Å². The van der Waals surface area contributed by atoms with Gasteiger partial charge in [-0.3, -0.25) is 0 Å². The lowest BCUT2D eigenvalue weighted by Gasteiger charge is -2.33. The number of nitrogens with zero attached hydrogens (tertiary/aromatic N) is 2. The molecule has 1 aliphatic rings. The van der Waals surface area contributed by atoms with Gasteiger partial charge in [0.2, 0.25) is 10.0 Å². The van der Waals surface area contributed by atoms with Gasteiger partial charge in [-0.1, -0.05) is 18.2 Å². The molecule has 1 saturated heterocycles. The second-order valence-corrected chi connectivity index (χ2v) is 7.76. The molecule has 3 rings (SSSR count). The van der Waals surface area contributed by atoms with Gasteiger partial charge in [0.25, 0.3) is 0 Å². The van der Waals surface area contributed by atoms with Crippen LogP contribution in [-0.4, -0.2) is 37.5 Å². The smallest absolute Gasteiger partial charge is 0.243 e. The summed E-state index contributed by atoms with van der Waals surface area (Å²) in [7, 11) is -3.53. The van der Waals surface area contributed by atoms with Gasteiger partial charge in [0.05, 0.1) is 34.9 Å². The summed E-state index contributed by atoms with van der Waals surface area (Å²) in [6.07, 6.45) is 0. The van der Waals surface area contributed by atoms with Gasteiger partial charge in [-0.2, -0.15) is 4.31 Å². The highest BCUT2D eigenvalue weighted by Gasteiger charge is 2.36. The van der Waals surface area contributed by atoms with Crippen molar-refractivity contribution in [3.05, 3.63) is 46.4 Å². The van der Waals surface area contributed by atoms with Crippen LogP contribution in [0.1, 0.15) is 16.7 Å². The van der Waals surface area contributed by atoms with Crippen molar-refractivity contribution in [3.8, 4) is 0 Å². The van der Waals surface area contributed by atoms with E-state index in [1.807, 2.05) is 12.3 Å². The molecule has 21 heavy (non-hydrogen) atoms. The van der Waals surface area contributed by atoms with Gasteiger partial charge in [-0.15, -0.1) is 11.3 Å². The van der Waals surface area contributed by atoms with Crippen LogP contribution in [0.15, 0.2) is 40.6 Å². The average Bonchev–Trinajstić information content (AvgIpc) is 2.95. The largest absolute Gasteiger partial charge is 0.378 e. The molecule has 1 aliphatic heterocycles. The number of thiazole rings is 1. The highest BCUT2D eigenvalue weighted by molar-refractivity contribution is 7.89. The molecule has 0 unspecified atom stereocenters. The number of benzene rings is 1. The van der Waals surface area contributed by atoms with E-state index in [-0.39, 0.29) is 6.04 Å². The van der Waals surface area contributed by atoms with E-state index in [1.54, 1.807) is 30.3 Å². The lowest BCUT2D eigenvalue weighted by Crippen LogP contribution is -2.43. The van der Waals surface area contributed by atoms with Crippen LogP contribution in [0.4, 0.5) is 0 Å². The van der Waals surface area contributed by atoms with E-state index < -0.39 is 10.0 Å². The molecule has 2 heterocycles. The first-order valence-corrected chi connectivity index (χ1v) is 8.97. The van der Waals surface area contributed by atoms with Crippen LogP contribution in [0.2, 0.25) is 0 Å². The third kappa shape index (κ3) is 2.87. The van der Waals surface area contributed by atoms with Gasteiger partial charge >= 0.3 is 0 Å². The third-order valence-electron chi connectivity index (χ3n) is 3.41. The first-order valence-electron chi connectivity index (χ1n) is 6.66. The Morgan fingerprint density at radius 2 is 2.10 bits per heavy atom. The van der Waals surface area contributed by atoms with E-state index >= 15 is 0 Å². The van der Waals surface area contributed by atoms with Crippen molar-refractivity contribution in [1.82, 2.24) is 9.29 Å². The van der Waals surface area contributed by atoms with Gasteiger partial charge in [-0.25, -0.2) is 13.4 Å². The zero-order valence-electron chi connectivity index (χ0n) is 11.6. The summed E-state index contributed by atoms with van der Waals surface area (Å²) in [4.78, 5) is 4.73. The van der Waals surface area contributed by atoms with Crippen molar-refractivity contribution in [3.63, 3.8) is 0 Å². The molecule has 7 heteroatoms. The lowest BCUT2D eigenvalue weighted by molar-refractivity contribution is 0.0308. The minimum atomic E-state index is -3.53. The fourth-order valence-corrected chi connectivity index (χ4v) is 4.62. The molecule has 1 aromatic carbocycles. The molecule has 0 amide bonds. The molecule has 112 valence electrons. The zero-order valence-corrected chi connectivity index (χ0v) is 13.2. The topological polar surface area (TPSA) is 59.5 Å². The van der Waals surface area contributed by atoms with E-state index in [0.717, 1.165) is 10.7 Å². The molecular weight excluding hydrogens is 308 g/mol. The van der Waals surface area contributed by atoms with Gasteiger partial charge in [0, 0.05) is 11.9 Å². The lowest BCUT2D eigenvalue weighted by atomic mass is 10.2. The Morgan fingerprint density at radius 1 is 1.33 bits per heavy atom. The number of ether oxygens (including phenoxy) is 1. The number of aromatic nitrogens is 1. The Hall–Kier alpha value is -1.28. The van der Waals surface area contributed by atoms with Gasteiger partial charge in [0.15, 0.2) is 0 Å². The summed E-state index contributed by atoms with van der Waals surface area (Å²) in [6.45, 7) is 3.01. The van der Waals surface area contributed by atoms with Crippen LogP contribution in [0.3, 0.4) is 0 Å². The second-order valence-electron chi connectivity index (χ2n) is 4.81. The van der Waals surface area contributed by atoms with Crippen molar-refractivity contribution in [2.75, 3.05) is 19.8 Å². The molecule has 5 nitrogen and oxygen atoms in total. The Bertz CT molecular complexity index is 713. The summed E-state index contributed by atoms with van der Waals surface area (Å²) in [5.41, 5.74) is 0.761. The minimum Gasteiger partial charge on any atom is -0.378 e. The maximum absolute atomic E-state index is 12.8. The van der Waals surface area contributed by atoms with Crippen molar-refractivity contribution in [2.24, 2.45) is 0 Å².